The van der Waals surface area contributed by atoms with E-state index in [4.69, 9.17) is 9.15 Å². The zero-order chi connectivity index (χ0) is 19.0. The molecule has 1 amide bonds. The van der Waals surface area contributed by atoms with Gasteiger partial charge in [0.05, 0.1) is 5.69 Å². The van der Waals surface area contributed by atoms with E-state index in [9.17, 15) is 9.59 Å². The first-order chi connectivity index (χ1) is 13.0. The largest absolute Gasteiger partial charge is 0.481 e. The molecule has 1 aliphatic rings. The Morgan fingerprint density at radius 1 is 1.30 bits per heavy atom. The summed E-state index contributed by atoms with van der Waals surface area (Å²) in [6.45, 7) is 3.53. The quantitative estimate of drug-likeness (QED) is 0.691. The number of thiazole rings is 1. The van der Waals surface area contributed by atoms with Crippen molar-refractivity contribution in [3.8, 4) is 5.75 Å². The Balaban J connectivity index is 1.47. The van der Waals surface area contributed by atoms with Gasteiger partial charge in [0.15, 0.2) is 11.2 Å². The molecule has 0 spiro atoms. The van der Waals surface area contributed by atoms with Crippen LogP contribution < -0.4 is 15.7 Å². The van der Waals surface area contributed by atoms with E-state index in [1.165, 1.54) is 17.4 Å². The van der Waals surface area contributed by atoms with Gasteiger partial charge in [-0.2, -0.15) is 0 Å². The minimum absolute atomic E-state index is 0.258. The number of rotatable bonds is 4. The molecule has 0 saturated carbocycles. The Kier molecular flexibility index (Phi) is 4.70. The molecule has 1 atom stereocenters. The molecule has 0 fully saturated rings. The Hall–Kier alpha value is -2.67. The number of nitrogens with zero attached hydrogens (tertiary/aromatic N) is 1. The maximum absolute atomic E-state index is 12.5. The molecule has 2 heterocycles. The van der Waals surface area contributed by atoms with E-state index >= 15 is 0 Å². The molecular formula is C20H20N2O4S. The minimum Gasteiger partial charge on any atom is -0.481 e. The van der Waals surface area contributed by atoms with E-state index in [0.29, 0.717) is 16.5 Å². The topological polar surface area (TPSA) is 81.4 Å². The molecule has 2 aromatic heterocycles. The predicted molar refractivity (Wildman–Crippen MR) is 105 cm³/mol. The van der Waals surface area contributed by atoms with Gasteiger partial charge in [0, 0.05) is 22.4 Å². The molecule has 0 unspecified atom stereocenters. The van der Waals surface area contributed by atoms with Crippen LogP contribution in [0, 0.1) is 6.92 Å². The van der Waals surface area contributed by atoms with Gasteiger partial charge < -0.3 is 9.15 Å². The lowest BCUT2D eigenvalue weighted by Gasteiger charge is -2.14. The number of aromatic nitrogens is 1. The van der Waals surface area contributed by atoms with Crippen molar-refractivity contribution in [2.75, 3.05) is 5.32 Å². The lowest BCUT2D eigenvalue weighted by atomic mass is 10.0. The number of nitrogens with one attached hydrogen (secondary N) is 1. The van der Waals surface area contributed by atoms with Gasteiger partial charge in [-0.15, -0.1) is 11.3 Å². The van der Waals surface area contributed by atoms with E-state index in [2.05, 4.69) is 10.3 Å². The third-order valence-corrected chi connectivity index (χ3v) is 5.75. The van der Waals surface area contributed by atoms with Crippen LogP contribution in [0.4, 0.5) is 5.13 Å². The molecule has 0 bridgehead atoms. The zero-order valence-corrected chi connectivity index (χ0v) is 16.0. The van der Waals surface area contributed by atoms with Crippen molar-refractivity contribution < 1.29 is 13.9 Å². The molecule has 3 aromatic rings. The summed E-state index contributed by atoms with van der Waals surface area (Å²) in [5.74, 6) is 0.212. The van der Waals surface area contributed by atoms with Crippen molar-refractivity contribution in [2.24, 2.45) is 0 Å². The molecule has 6 nitrogen and oxygen atoms in total. The Morgan fingerprint density at radius 2 is 2.11 bits per heavy atom. The third kappa shape index (κ3) is 3.73. The van der Waals surface area contributed by atoms with Crippen LogP contribution in [0.1, 0.15) is 35.9 Å². The summed E-state index contributed by atoms with van der Waals surface area (Å²) in [7, 11) is 0. The second-order valence-electron chi connectivity index (χ2n) is 6.75. The van der Waals surface area contributed by atoms with Crippen LogP contribution in [-0.4, -0.2) is 17.0 Å². The number of carbonyl (C=O) groups is 1. The monoisotopic (exact) mass is 384 g/mol. The van der Waals surface area contributed by atoms with Gasteiger partial charge in [0.25, 0.3) is 5.91 Å². The average molecular weight is 384 g/mol. The van der Waals surface area contributed by atoms with E-state index in [0.717, 1.165) is 35.9 Å². The highest BCUT2D eigenvalue weighted by Crippen LogP contribution is 2.30. The van der Waals surface area contributed by atoms with Crippen LogP contribution in [-0.2, 0) is 17.6 Å². The van der Waals surface area contributed by atoms with Crippen molar-refractivity contribution in [1.29, 1.82) is 0 Å². The number of amides is 1. The van der Waals surface area contributed by atoms with Crippen LogP contribution in [0.5, 0.6) is 5.75 Å². The molecule has 1 aliphatic carbocycles. The van der Waals surface area contributed by atoms with E-state index < -0.39 is 11.7 Å². The van der Waals surface area contributed by atoms with Crippen LogP contribution in [0.2, 0.25) is 0 Å². The molecule has 4 rings (SSSR count). The zero-order valence-electron chi connectivity index (χ0n) is 15.2. The molecule has 0 saturated heterocycles. The summed E-state index contributed by atoms with van der Waals surface area (Å²) < 4.78 is 11.0. The fourth-order valence-electron chi connectivity index (χ4n) is 3.25. The second-order valence-corrected chi connectivity index (χ2v) is 7.84. The van der Waals surface area contributed by atoms with Crippen molar-refractivity contribution >= 4 is 33.3 Å². The van der Waals surface area contributed by atoms with Crippen molar-refractivity contribution in [1.82, 2.24) is 4.98 Å². The van der Waals surface area contributed by atoms with Crippen LogP contribution in [0.3, 0.4) is 0 Å². The molecular weight excluding hydrogens is 364 g/mol. The lowest BCUT2D eigenvalue weighted by Crippen LogP contribution is -2.30. The number of benzene rings is 1. The number of ether oxygens (including phenoxy) is 1. The highest BCUT2D eigenvalue weighted by Gasteiger charge is 2.20. The van der Waals surface area contributed by atoms with E-state index in [1.807, 2.05) is 13.0 Å². The van der Waals surface area contributed by atoms with E-state index in [-0.39, 0.29) is 5.91 Å². The maximum atomic E-state index is 12.5. The summed E-state index contributed by atoms with van der Waals surface area (Å²) in [6, 6.07) is 6.67. The Morgan fingerprint density at radius 3 is 2.93 bits per heavy atom. The van der Waals surface area contributed by atoms with Gasteiger partial charge in [0.2, 0.25) is 0 Å². The summed E-state index contributed by atoms with van der Waals surface area (Å²) in [5.41, 5.74) is 1.98. The first kappa shape index (κ1) is 17.7. The van der Waals surface area contributed by atoms with E-state index in [1.54, 1.807) is 30.4 Å². The second kappa shape index (κ2) is 7.15. The highest BCUT2D eigenvalue weighted by molar-refractivity contribution is 7.15. The highest BCUT2D eigenvalue weighted by atomic mass is 32.1. The number of carbonyl (C=O) groups excluding carboxylic acids is 1. The number of hydrogen-bond donors (Lipinski definition) is 1. The van der Waals surface area contributed by atoms with Gasteiger partial charge in [-0.3, -0.25) is 10.1 Å². The first-order valence-electron chi connectivity index (χ1n) is 9.00. The standard InChI is InChI=1S/C20H20N2O4S/c1-11-9-18(23)26-16-10-13(7-8-14(11)16)25-12(2)19(24)22-20-21-15-5-3-4-6-17(15)27-20/h7-10,12H,3-6H2,1-2H3,(H,21,22,24)/t12-/m0/s1. The molecule has 0 radical (unpaired) electrons. The van der Waals surface area contributed by atoms with Gasteiger partial charge in [-0.1, -0.05) is 0 Å². The predicted octanol–water partition coefficient (Wildman–Crippen LogP) is 3.84. The molecule has 140 valence electrons. The third-order valence-electron chi connectivity index (χ3n) is 4.68. The van der Waals surface area contributed by atoms with Gasteiger partial charge in [-0.05, 0) is 57.2 Å². The van der Waals surface area contributed by atoms with Crippen molar-refractivity contribution in [3.05, 3.63) is 50.8 Å². The van der Waals surface area contributed by atoms with Crippen LogP contribution >= 0.6 is 11.3 Å². The number of fused-ring (bicyclic) bond motifs is 2. The SMILES string of the molecule is Cc1cc(=O)oc2cc(O[C@@H](C)C(=O)Nc3nc4c(s3)CCCC4)ccc12. The van der Waals surface area contributed by atoms with Gasteiger partial charge in [-0.25, -0.2) is 9.78 Å². The molecule has 1 N–H and O–H groups in total. The molecule has 27 heavy (non-hydrogen) atoms. The smallest absolute Gasteiger partial charge is 0.336 e. The molecule has 0 aliphatic heterocycles. The number of hydrogen-bond acceptors (Lipinski definition) is 6. The van der Waals surface area contributed by atoms with Crippen molar-refractivity contribution in [2.45, 2.75) is 45.6 Å². The maximum Gasteiger partial charge on any atom is 0.336 e. The van der Waals surface area contributed by atoms with Crippen LogP contribution in [0.25, 0.3) is 11.0 Å². The van der Waals surface area contributed by atoms with Gasteiger partial charge in [0.1, 0.15) is 11.3 Å². The minimum atomic E-state index is -0.708. The summed E-state index contributed by atoms with van der Waals surface area (Å²) >= 11 is 1.54. The fourth-order valence-corrected chi connectivity index (χ4v) is 4.30. The van der Waals surface area contributed by atoms with Crippen molar-refractivity contribution in [3.63, 3.8) is 0 Å². The summed E-state index contributed by atoms with van der Waals surface area (Å²) in [5, 5.41) is 4.31. The summed E-state index contributed by atoms with van der Waals surface area (Å²) in [4.78, 5) is 29.8. The fraction of sp³-hybridized carbons (Fsp3) is 0.350. The van der Waals surface area contributed by atoms with Gasteiger partial charge >= 0.3 is 5.63 Å². The van der Waals surface area contributed by atoms with Crippen LogP contribution in [0.15, 0.2) is 33.5 Å². The normalized spacial score (nSPS) is 14.6. The Bertz CT molecular complexity index is 1050. The number of anilines is 1. The number of aryl methyl sites for hydroxylation is 3. The lowest BCUT2D eigenvalue weighted by molar-refractivity contribution is -0.122. The molecule has 7 heteroatoms. The Labute approximate surface area is 160 Å². The summed E-state index contributed by atoms with van der Waals surface area (Å²) in [6.07, 6.45) is 3.65. The first-order valence-corrected chi connectivity index (χ1v) is 9.82. The average Bonchev–Trinajstić information content (AvgIpc) is 3.03. The molecule has 1 aromatic carbocycles.